The summed E-state index contributed by atoms with van der Waals surface area (Å²) in [6, 6.07) is 14.4. The number of hydrogen-bond donors (Lipinski definition) is 3. The molecule has 2 aromatic carbocycles. The van der Waals surface area contributed by atoms with E-state index in [9.17, 15) is 33.9 Å². The average Bonchev–Trinajstić information content (AvgIpc) is 4.00. The molecule has 0 radical (unpaired) electrons. The van der Waals surface area contributed by atoms with Gasteiger partial charge in [-0.05, 0) is 82.2 Å². The van der Waals surface area contributed by atoms with E-state index in [1.54, 1.807) is 71.0 Å². The Labute approximate surface area is 405 Å². The number of ketones is 1. The molecular weight excluding hydrogens is 913 g/mol. The fourth-order valence-electron chi connectivity index (χ4n) is 11.7. The van der Waals surface area contributed by atoms with Crippen LogP contribution in [0.15, 0.2) is 71.8 Å². The number of Topliss-reactive ketones (excluding diaryl/α,β-unsaturated/α-hetero) is 1. The zero-order valence-corrected chi connectivity index (χ0v) is 40.8. The molecule has 378 valence electrons. The zero-order valence-electron chi connectivity index (χ0n) is 40.8. The lowest BCUT2D eigenvalue weighted by atomic mass is 9.44. The monoisotopic (exact) mass is 974 g/mol. The summed E-state index contributed by atoms with van der Waals surface area (Å²) in [5.74, 6) is -8.23. The number of esters is 6. The third kappa shape index (κ3) is 9.07. The number of carbonyl (C=O) groups is 8. The molecule has 70 heavy (non-hydrogen) atoms. The van der Waals surface area contributed by atoms with Crippen LogP contribution < -0.4 is 11.1 Å². The van der Waals surface area contributed by atoms with E-state index in [1.807, 2.05) is 0 Å². The summed E-state index contributed by atoms with van der Waals surface area (Å²) in [6.07, 6.45) is -7.54. The highest BCUT2D eigenvalue weighted by Gasteiger charge is 2.87. The van der Waals surface area contributed by atoms with Crippen LogP contribution in [0.3, 0.4) is 0 Å². The van der Waals surface area contributed by atoms with Crippen molar-refractivity contribution in [3.63, 3.8) is 0 Å². The standard InChI is InChI=1S/C51H62N2O17/c1-27-33(66-43(60)40(67-36(57)25-63-35(56)20-21-52)38(30-16-12-10-13-17-30)53-45(61)70-46(4,5)6)24-51(62)47(7,8)37(27)39(65-28(2)54)41(58)49-23-32(49)22-34-50(26-64-34,68-29(3)55)44(49)48(51,9)69-42(59)31-18-14-11-15-19-31/h10-19,32-34,38-40,44,62H,20-26,52H2,1-9H3,(H,53,61)/t32-,33+,34-,38+,39-,40-,44+,48-,49+,50+,51+/m1/s1. The molecule has 1 spiro atoms. The SMILES string of the molecule is CC(=O)O[C@H]1C(=O)[C@]23C[C@H]2C[C@H]2OC[C@@]2(OC(C)=O)[C@H]3[C@@](C)(OC(=O)c2ccccc2)[C@]2(O)C[C@H](OC(=O)[C@H](OC(=O)COC(=O)CCN)[C@@H](NC(=O)OC(C)(C)C)c3ccccc3)C(C)=C1C2(C)C. The summed E-state index contributed by atoms with van der Waals surface area (Å²) in [7, 11) is 0. The minimum atomic E-state index is -2.42. The van der Waals surface area contributed by atoms with Gasteiger partial charge in [0, 0.05) is 37.6 Å². The van der Waals surface area contributed by atoms with Crippen LogP contribution in [0.2, 0.25) is 0 Å². The van der Waals surface area contributed by atoms with Gasteiger partial charge in [-0.3, -0.25) is 19.2 Å². The molecule has 1 amide bonds. The van der Waals surface area contributed by atoms with Crippen LogP contribution in [0.1, 0.15) is 110 Å². The van der Waals surface area contributed by atoms with E-state index in [-0.39, 0.29) is 54.7 Å². The van der Waals surface area contributed by atoms with Crippen LogP contribution in [0.25, 0.3) is 0 Å². The first kappa shape index (κ1) is 51.7. The van der Waals surface area contributed by atoms with E-state index in [2.05, 4.69) is 5.32 Å². The molecule has 19 nitrogen and oxygen atoms in total. The molecule has 3 saturated carbocycles. The predicted molar refractivity (Wildman–Crippen MR) is 243 cm³/mol. The number of aliphatic hydroxyl groups is 1. The molecule has 4 fully saturated rings. The van der Waals surface area contributed by atoms with Crippen molar-refractivity contribution in [2.45, 2.75) is 141 Å². The van der Waals surface area contributed by atoms with Gasteiger partial charge in [0.15, 0.2) is 24.1 Å². The maximum Gasteiger partial charge on any atom is 0.408 e. The Morgan fingerprint density at radius 2 is 1.53 bits per heavy atom. The minimum absolute atomic E-state index is 0.0417. The number of hydrogen-bond acceptors (Lipinski definition) is 18. The van der Waals surface area contributed by atoms with E-state index >= 15 is 9.59 Å². The molecular formula is C51H62N2O17. The zero-order chi connectivity index (χ0) is 51.4. The van der Waals surface area contributed by atoms with Gasteiger partial charge in [-0.2, -0.15) is 0 Å². The summed E-state index contributed by atoms with van der Waals surface area (Å²) in [5.41, 5.74) is -4.54. The van der Waals surface area contributed by atoms with Crippen molar-refractivity contribution >= 4 is 47.7 Å². The third-order valence-electron chi connectivity index (χ3n) is 14.7. The highest BCUT2D eigenvalue weighted by Crippen LogP contribution is 2.77. The molecule has 11 atom stereocenters. The lowest BCUT2D eigenvalue weighted by Crippen LogP contribution is -2.82. The van der Waals surface area contributed by atoms with Crippen molar-refractivity contribution in [2.24, 2.45) is 28.4 Å². The molecule has 7 rings (SSSR count). The van der Waals surface area contributed by atoms with Gasteiger partial charge in [-0.25, -0.2) is 19.2 Å². The molecule has 1 aliphatic heterocycles. The van der Waals surface area contributed by atoms with Gasteiger partial charge < -0.3 is 54.1 Å². The number of carbonyl (C=O) groups excluding carboxylic acids is 8. The van der Waals surface area contributed by atoms with Crippen LogP contribution in [-0.4, -0.2) is 119 Å². The Bertz CT molecular complexity index is 2470. The fourth-order valence-corrected chi connectivity index (χ4v) is 11.7. The summed E-state index contributed by atoms with van der Waals surface area (Å²) in [5, 5.41) is 16.8. The van der Waals surface area contributed by atoms with Gasteiger partial charge >= 0.3 is 41.9 Å². The maximum atomic E-state index is 15.8. The number of ether oxygens (including phenoxy) is 8. The van der Waals surface area contributed by atoms with Gasteiger partial charge in [0.25, 0.3) is 0 Å². The number of rotatable bonds is 14. The first-order valence-electron chi connectivity index (χ1n) is 23.3. The van der Waals surface area contributed by atoms with Crippen LogP contribution in [0, 0.1) is 22.7 Å². The molecule has 0 aromatic heterocycles. The van der Waals surface area contributed by atoms with E-state index < -0.39 is 136 Å². The van der Waals surface area contributed by atoms with Gasteiger partial charge in [-0.15, -0.1) is 0 Å². The number of benzene rings is 2. The number of alkyl carbamates (subject to hydrolysis) is 1. The number of fused-ring (bicyclic) bond motifs is 4. The van der Waals surface area contributed by atoms with Crippen molar-refractivity contribution in [3.8, 4) is 0 Å². The first-order chi connectivity index (χ1) is 32.8. The van der Waals surface area contributed by atoms with Crippen LogP contribution in [0.4, 0.5) is 4.79 Å². The maximum absolute atomic E-state index is 15.8. The average molecular weight is 975 g/mol. The Morgan fingerprint density at radius 1 is 0.886 bits per heavy atom. The normalized spacial score (nSPS) is 31.1. The largest absolute Gasteiger partial charge is 0.455 e. The predicted octanol–water partition coefficient (Wildman–Crippen LogP) is 4.30. The van der Waals surface area contributed by atoms with Crippen molar-refractivity contribution in [2.75, 3.05) is 19.8 Å². The Hall–Kier alpha value is -6.18. The van der Waals surface area contributed by atoms with E-state index in [0.717, 1.165) is 6.92 Å². The second-order valence-corrected chi connectivity index (χ2v) is 20.5. The molecule has 1 saturated heterocycles. The lowest BCUT2D eigenvalue weighted by Gasteiger charge is -2.68. The van der Waals surface area contributed by atoms with E-state index in [4.69, 9.17) is 43.6 Å². The van der Waals surface area contributed by atoms with Crippen molar-refractivity contribution in [1.82, 2.24) is 5.32 Å². The van der Waals surface area contributed by atoms with Crippen molar-refractivity contribution in [3.05, 3.63) is 82.9 Å². The molecule has 5 aliphatic rings. The van der Waals surface area contributed by atoms with Crippen molar-refractivity contribution < 1.29 is 81.4 Å². The Balaban J connectivity index is 1.41. The lowest BCUT2D eigenvalue weighted by molar-refractivity contribution is -0.344. The highest BCUT2D eigenvalue weighted by atomic mass is 16.6. The molecule has 0 unspecified atom stereocenters. The topological polar surface area (TPSA) is 269 Å². The summed E-state index contributed by atoms with van der Waals surface area (Å²) in [4.78, 5) is 111. The van der Waals surface area contributed by atoms with E-state index in [1.165, 1.54) is 45.0 Å². The Morgan fingerprint density at radius 3 is 2.10 bits per heavy atom. The molecule has 2 aromatic rings. The minimum Gasteiger partial charge on any atom is -0.455 e. The molecule has 1 heterocycles. The smallest absolute Gasteiger partial charge is 0.408 e. The highest BCUT2D eigenvalue weighted by molar-refractivity contribution is 5.98. The van der Waals surface area contributed by atoms with Gasteiger partial charge in [0.1, 0.15) is 35.1 Å². The summed E-state index contributed by atoms with van der Waals surface area (Å²) >= 11 is 0. The number of amides is 1. The van der Waals surface area contributed by atoms with Crippen molar-refractivity contribution in [1.29, 1.82) is 0 Å². The van der Waals surface area contributed by atoms with E-state index in [0.29, 0.717) is 0 Å². The number of nitrogens with two attached hydrogens (primary N) is 1. The quantitative estimate of drug-likeness (QED) is 0.135. The van der Waals surface area contributed by atoms with Crippen LogP contribution >= 0.6 is 0 Å². The van der Waals surface area contributed by atoms with Crippen LogP contribution in [0.5, 0.6) is 0 Å². The Kier molecular flexibility index (Phi) is 13.9. The third-order valence-corrected chi connectivity index (χ3v) is 14.7. The van der Waals surface area contributed by atoms with Gasteiger partial charge in [0.05, 0.1) is 24.5 Å². The molecule has 4 N–H and O–H groups in total. The van der Waals surface area contributed by atoms with Gasteiger partial charge in [-0.1, -0.05) is 62.4 Å². The first-order valence-corrected chi connectivity index (χ1v) is 23.3. The second kappa shape index (κ2) is 18.9. The van der Waals surface area contributed by atoms with Gasteiger partial charge in [0.2, 0.25) is 6.10 Å². The fraction of sp³-hybridized carbons (Fsp3) is 0.569. The second-order valence-electron chi connectivity index (χ2n) is 20.5. The molecule has 19 heteroatoms. The van der Waals surface area contributed by atoms with Crippen LogP contribution in [-0.2, 0) is 66.7 Å². The summed E-state index contributed by atoms with van der Waals surface area (Å²) in [6.45, 7) is 12.1. The summed E-state index contributed by atoms with van der Waals surface area (Å²) < 4.78 is 47.7. The number of nitrogens with one attached hydrogen (secondary N) is 1. The molecule has 2 bridgehead atoms. The molecule has 4 aliphatic carbocycles.